The zero-order valence-corrected chi connectivity index (χ0v) is 14.8. The third-order valence-electron chi connectivity index (χ3n) is 5.19. The Bertz CT molecular complexity index is 1020. The van der Waals surface area contributed by atoms with Crippen molar-refractivity contribution in [1.29, 1.82) is 0 Å². The minimum Gasteiger partial charge on any atom is -0.319 e. The number of hydrogen-bond acceptors (Lipinski definition) is 2. The first-order valence-corrected chi connectivity index (χ1v) is 8.67. The number of hydrogen-bond donors (Lipinski definition) is 1. The highest BCUT2D eigenvalue weighted by Gasteiger charge is 2.49. The molecule has 3 amide bonds. The van der Waals surface area contributed by atoms with E-state index in [1.807, 2.05) is 73.7 Å². The third kappa shape index (κ3) is 2.46. The van der Waals surface area contributed by atoms with E-state index in [2.05, 4.69) is 5.32 Å². The molecule has 0 bridgehead atoms. The molecule has 0 saturated carbocycles. The summed E-state index contributed by atoms with van der Waals surface area (Å²) in [5.41, 5.74) is 1.78. The van der Waals surface area contributed by atoms with Crippen LogP contribution in [0.5, 0.6) is 0 Å². The molecule has 4 heteroatoms. The summed E-state index contributed by atoms with van der Waals surface area (Å²) in [5.74, 6) is -0.220. The normalized spacial score (nSPS) is 19.8. The second kappa shape index (κ2) is 5.99. The summed E-state index contributed by atoms with van der Waals surface area (Å²) < 4.78 is 0. The number of urea groups is 1. The van der Waals surface area contributed by atoms with Crippen molar-refractivity contribution in [3.05, 3.63) is 83.4 Å². The summed E-state index contributed by atoms with van der Waals surface area (Å²) in [6.07, 6.45) is 0. The van der Waals surface area contributed by atoms with Crippen molar-refractivity contribution < 1.29 is 9.59 Å². The Labute approximate surface area is 152 Å². The average Bonchev–Trinajstić information content (AvgIpc) is 2.87. The van der Waals surface area contributed by atoms with Crippen molar-refractivity contribution in [3.63, 3.8) is 0 Å². The fraction of sp³-hybridized carbons (Fsp3) is 0.182. The molecule has 4 rings (SSSR count). The Morgan fingerprint density at radius 2 is 1.62 bits per heavy atom. The molecule has 3 aromatic carbocycles. The molecule has 1 fully saturated rings. The molecule has 0 aliphatic carbocycles. The molecule has 1 atom stereocenters. The van der Waals surface area contributed by atoms with E-state index in [-0.39, 0.29) is 18.5 Å². The largest absolute Gasteiger partial charge is 0.325 e. The predicted molar refractivity (Wildman–Crippen MR) is 102 cm³/mol. The summed E-state index contributed by atoms with van der Waals surface area (Å²) >= 11 is 0. The first-order valence-electron chi connectivity index (χ1n) is 8.67. The van der Waals surface area contributed by atoms with Crippen molar-refractivity contribution in [2.75, 3.05) is 0 Å². The number of imide groups is 1. The van der Waals surface area contributed by atoms with Gasteiger partial charge in [0.2, 0.25) is 0 Å². The maximum absolute atomic E-state index is 13.2. The summed E-state index contributed by atoms with van der Waals surface area (Å²) in [4.78, 5) is 27.2. The van der Waals surface area contributed by atoms with E-state index in [0.29, 0.717) is 0 Å². The second-order valence-electron chi connectivity index (χ2n) is 6.90. The molecule has 1 saturated heterocycles. The number of rotatable bonds is 3. The van der Waals surface area contributed by atoms with Crippen LogP contribution in [0.3, 0.4) is 0 Å². The Morgan fingerprint density at radius 1 is 0.923 bits per heavy atom. The number of amides is 3. The number of benzene rings is 3. The lowest BCUT2D eigenvalue weighted by atomic mass is 9.87. The van der Waals surface area contributed by atoms with Gasteiger partial charge in [0, 0.05) is 0 Å². The zero-order valence-electron chi connectivity index (χ0n) is 14.8. The van der Waals surface area contributed by atoms with Crippen LogP contribution < -0.4 is 5.32 Å². The van der Waals surface area contributed by atoms with Crippen molar-refractivity contribution in [3.8, 4) is 0 Å². The van der Waals surface area contributed by atoms with Gasteiger partial charge in [0.25, 0.3) is 5.91 Å². The number of nitrogens with one attached hydrogen (secondary N) is 1. The van der Waals surface area contributed by atoms with Gasteiger partial charge in [-0.15, -0.1) is 0 Å². The summed E-state index contributed by atoms with van der Waals surface area (Å²) in [5, 5.41) is 4.94. The van der Waals surface area contributed by atoms with Gasteiger partial charge >= 0.3 is 6.03 Å². The molecule has 3 aromatic rings. The first kappa shape index (κ1) is 16.3. The molecule has 1 aliphatic heterocycles. The van der Waals surface area contributed by atoms with Gasteiger partial charge in [-0.25, -0.2) is 4.79 Å². The quantitative estimate of drug-likeness (QED) is 0.727. The second-order valence-corrected chi connectivity index (χ2v) is 6.90. The highest BCUT2D eigenvalue weighted by molar-refractivity contribution is 6.09. The molecule has 0 aromatic heterocycles. The zero-order chi connectivity index (χ0) is 18.3. The summed E-state index contributed by atoms with van der Waals surface area (Å²) in [6, 6.07) is 21.2. The van der Waals surface area contributed by atoms with Gasteiger partial charge in [0.1, 0.15) is 5.54 Å². The van der Waals surface area contributed by atoms with Crippen molar-refractivity contribution in [2.45, 2.75) is 25.9 Å². The lowest BCUT2D eigenvalue weighted by Gasteiger charge is -2.24. The van der Waals surface area contributed by atoms with Crippen LogP contribution in [0.2, 0.25) is 0 Å². The molecular weight excluding hydrogens is 324 g/mol. The Morgan fingerprint density at radius 3 is 2.42 bits per heavy atom. The highest BCUT2D eigenvalue weighted by Crippen LogP contribution is 2.34. The van der Waals surface area contributed by atoms with Crippen LogP contribution in [0.15, 0.2) is 66.7 Å². The number of fused-ring (bicyclic) bond motifs is 1. The van der Waals surface area contributed by atoms with Crippen LogP contribution in [-0.2, 0) is 16.9 Å². The van der Waals surface area contributed by atoms with Gasteiger partial charge in [-0.05, 0) is 41.3 Å². The van der Waals surface area contributed by atoms with Crippen LogP contribution in [0.25, 0.3) is 10.8 Å². The molecule has 4 nitrogen and oxygen atoms in total. The maximum atomic E-state index is 13.2. The van der Waals surface area contributed by atoms with Crippen LogP contribution in [0, 0.1) is 6.92 Å². The maximum Gasteiger partial charge on any atom is 0.325 e. The Kier molecular flexibility index (Phi) is 3.76. The molecule has 0 unspecified atom stereocenters. The smallest absolute Gasteiger partial charge is 0.319 e. The minimum atomic E-state index is -1.07. The lowest BCUT2D eigenvalue weighted by Crippen LogP contribution is -2.41. The van der Waals surface area contributed by atoms with Gasteiger partial charge in [-0.2, -0.15) is 0 Å². The molecule has 0 spiro atoms. The molecule has 1 heterocycles. The van der Waals surface area contributed by atoms with Crippen LogP contribution in [0.4, 0.5) is 4.79 Å². The number of nitrogens with zero attached hydrogens (tertiary/aromatic N) is 1. The van der Waals surface area contributed by atoms with Gasteiger partial charge in [0.05, 0.1) is 6.54 Å². The van der Waals surface area contributed by atoms with Crippen LogP contribution in [0.1, 0.15) is 23.6 Å². The summed E-state index contributed by atoms with van der Waals surface area (Å²) in [6.45, 7) is 4.04. The number of carbonyl (C=O) groups is 2. The number of aryl methyl sites for hydroxylation is 1. The van der Waals surface area contributed by atoms with E-state index < -0.39 is 5.54 Å². The lowest BCUT2D eigenvalue weighted by molar-refractivity contribution is -0.131. The molecule has 1 aliphatic rings. The minimum absolute atomic E-state index is 0.220. The van der Waals surface area contributed by atoms with Gasteiger partial charge < -0.3 is 5.32 Å². The molecule has 130 valence electrons. The third-order valence-corrected chi connectivity index (χ3v) is 5.19. The predicted octanol–water partition coefficient (Wildman–Crippen LogP) is 4.12. The molecule has 26 heavy (non-hydrogen) atoms. The van der Waals surface area contributed by atoms with E-state index in [0.717, 1.165) is 27.5 Å². The Balaban J connectivity index is 1.75. The van der Waals surface area contributed by atoms with Gasteiger partial charge in [-0.3, -0.25) is 9.69 Å². The fourth-order valence-corrected chi connectivity index (χ4v) is 3.64. The van der Waals surface area contributed by atoms with E-state index in [1.54, 1.807) is 6.92 Å². The van der Waals surface area contributed by atoms with E-state index in [4.69, 9.17) is 0 Å². The van der Waals surface area contributed by atoms with Crippen LogP contribution in [-0.4, -0.2) is 16.8 Å². The molecule has 0 radical (unpaired) electrons. The van der Waals surface area contributed by atoms with Gasteiger partial charge in [0.15, 0.2) is 0 Å². The molecule has 1 N–H and O–H groups in total. The monoisotopic (exact) mass is 344 g/mol. The van der Waals surface area contributed by atoms with Crippen LogP contribution >= 0.6 is 0 Å². The topological polar surface area (TPSA) is 49.4 Å². The van der Waals surface area contributed by atoms with E-state index in [9.17, 15) is 9.59 Å². The van der Waals surface area contributed by atoms with Gasteiger partial charge in [-0.1, -0.05) is 66.7 Å². The first-order chi connectivity index (χ1) is 12.5. The van der Waals surface area contributed by atoms with Crippen molar-refractivity contribution in [2.24, 2.45) is 0 Å². The number of carbonyl (C=O) groups excluding carboxylic acids is 2. The Hall–Kier alpha value is -3.14. The van der Waals surface area contributed by atoms with E-state index >= 15 is 0 Å². The standard InChI is InChI=1S/C22H20N2O2/c1-15-8-3-4-10-17(15)14-24-20(25)22(2,23-21(24)26)19-13-7-11-16-9-5-6-12-18(16)19/h3-13H,14H2,1-2H3,(H,23,26)/t22-/m0/s1. The summed E-state index contributed by atoms with van der Waals surface area (Å²) in [7, 11) is 0. The van der Waals surface area contributed by atoms with Crippen molar-refractivity contribution >= 4 is 22.7 Å². The SMILES string of the molecule is Cc1ccccc1CN1C(=O)N[C@@](C)(c2cccc3ccccc23)C1=O. The highest BCUT2D eigenvalue weighted by atomic mass is 16.2. The van der Waals surface area contributed by atoms with Crippen molar-refractivity contribution in [1.82, 2.24) is 10.2 Å². The average molecular weight is 344 g/mol. The van der Waals surface area contributed by atoms with E-state index in [1.165, 1.54) is 4.90 Å². The fourth-order valence-electron chi connectivity index (χ4n) is 3.64. The molecular formula is C22H20N2O2.